The molecule has 0 amide bonds. The molecule has 2 nitrogen and oxygen atoms in total. The van der Waals surface area contributed by atoms with Crippen molar-refractivity contribution in [3.63, 3.8) is 0 Å². The first-order chi connectivity index (χ1) is 4.90. The number of nitrogens with one attached hydrogen (secondary N) is 1. The van der Waals surface area contributed by atoms with E-state index in [0.717, 1.165) is 12.0 Å². The van der Waals surface area contributed by atoms with Crippen LogP contribution in [-0.2, 0) is 0 Å². The van der Waals surface area contributed by atoms with Crippen molar-refractivity contribution >= 4 is 0 Å². The predicted octanol–water partition coefficient (Wildman–Crippen LogP) is 0.509. The van der Waals surface area contributed by atoms with E-state index < -0.39 is 0 Å². The van der Waals surface area contributed by atoms with Gasteiger partial charge in [-0.15, -0.1) is 0 Å². The van der Waals surface area contributed by atoms with Crippen molar-refractivity contribution in [1.82, 2.24) is 5.32 Å². The molecule has 2 fully saturated rings. The zero-order valence-corrected chi connectivity index (χ0v) is 6.21. The maximum absolute atomic E-state index is 8.95. The number of aliphatic hydroxyl groups excluding tert-OH is 1. The average molecular weight is 141 g/mol. The van der Waals surface area contributed by atoms with Crippen LogP contribution < -0.4 is 5.32 Å². The van der Waals surface area contributed by atoms with Gasteiger partial charge in [0.15, 0.2) is 0 Å². The number of aliphatic hydroxyl groups is 1. The quantitative estimate of drug-likeness (QED) is 0.598. The Kier molecular flexibility index (Phi) is 1.66. The fraction of sp³-hybridized carbons (Fsp3) is 1.00. The van der Waals surface area contributed by atoms with E-state index in [1.54, 1.807) is 0 Å². The lowest BCUT2D eigenvalue weighted by Crippen LogP contribution is -2.35. The predicted molar refractivity (Wildman–Crippen MR) is 39.8 cm³/mol. The van der Waals surface area contributed by atoms with Gasteiger partial charge in [0, 0.05) is 12.1 Å². The molecule has 10 heavy (non-hydrogen) atoms. The van der Waals surface area contributed by atoms with Gasteiger partial charge in [-0.1, -0.05) is 0 Å². The average Bonchev–Trinajstić information content (AvgIpc) is 2.76. The molecule has 2 heteroatoms. The smallest absolute Gasteiger partial charge is 0.0587 e. The maximum atomic E-state index is 8.95. The summed E-state index contributed by atoms with van der Waals surface area (Å²) in [6, 6.07) is 1.17. The summed E-state index contributed by atoms with van der Waals surface area (Å²) < 4.78 is 0. The van der Waals surface area contributed by atoms with Gasteiger partial charge in [0.2, 0.25) is 0 Å². The summed E-state index contributed by atoms with van der Waals surface area (Å²) in [5.41, 5.74) is 0. The van der Waals surface area contributed by atoms with Gasteiger partial charge < -0.3 is 10.4 Å². The number of hydrogen-bond donors (Lipinski definition) is 2. The number of rotatable bonds is 4. The summed E-state index contributed by atoms with van der Waals surface area (Å²) in [4.78, 5) is 0. The molecule has 2 rings (SSSR count). The summed E-state index contributed by atoms with van der Waals surface area (Å²) in [5.74, 6) is 0.797. The molecule has 2 aliphatic rings. The zero-order valence-electron chi connectivity index (χ0n) is 6.21. The number of hydrogen-bond acceptors (Lipinski definition) is 2. The monoisotopic (exact) mass is 141 g/mol. The topological polar surface area (TPSA) is 32.3 Å². The van der Waals surface area contributed by atoms with Crippen molar-refractivity contribution in [2.75, 3.05) is 6.61 Å². The SMILES string of the molecule is OCC(NC1CC1)C1CC1. The van der Waals surface area contributed by atoms with Gasteiger partial charge in [0.05, 0.1) is 6.61 Å². The Morgan fingerprint density at radius 1 is 1.30 bits per heavy atom. The molecule has 0 aromatic heterocycles. The van der Waals surface area contributed by atoms with Crippen molar-refractivity contribution < 1.29 is 5.11 Å². The van der Waals surface area contributed by atoms with E-state index in [9.17, 15) is 0 Å². The molecule has 1 unspecified atom stereocenters. The van der Waals surface area contributed by atoms with Gasteiger partial charge in [-0.3, -0.25) is 0 Å². The minimum atomic E-state index is 0.334. The molecule has 58 valence electrons. The molecule has 2 N–H and O–H groups in total. The van der Waals surface area contributed by atoms with Crippen LogP contribution in [0.25, 0.3) is 0 Å². The standard InChI is InChI=1S/C8H15NO/c10-5-8(6-1-2-6)9-7-3-4-7/h6-10H,1-5H2. The highest BCUT2D eigenvalue weighted by Crippen LogP contribution is 2.34. The minimum absolute atomic E-state index is 0.334. The highest BCUT2D eigenvalue weighted by atomic mass is 16.3. The molecule has 0 aromatic rings. The molecule has 1 atom stereocenters. The first-order valence-corrected chi connectivity index (χ1v) is 4.27. The van der Waals surface area contributed by atoms with Crippen molar-refractivity contribution in [1.29, 1.82) is 0 Å². The lowest BCUT2D eigenvalue weighted by atomic mass is 10.2. The molecule has 2 saturated carbocycles. The van der Waals surface area contributed by atoms with E-state index in [4.69, 9.17) is 5.11 Å². The Labute approximate surface area is 61.6 Å². The molecule has 0 aliphatic heterocycles. The Morgan fingerprint density at radius 2 is 2.00 bits per heavy atom. The molecule has 0 aromatic carbocycles. The molecule has 0 radical (unpaired) electrons. The largest absolute Gasteiger partial charge is 0.395 e. The molecule has 0 saturated heterocycles. The van der Waals surface area contributed by atoms with Crippen LogP contribution in [0.15, 0.2) is 0 Å². The van der Waals surface area contributed by atoms with E-state index in [0.29, 0.717) is 12.6 Å². The summed E-state index contributed by atoms with van der Waals surface area (Å²) in [7, 11) is 0. The Hall–Kier alpha value is -0.0800. The fourth-order valence-electron chi connectivity index (χ4n) is 1.39. The van der Waals surface area contributed by atoms with Crippen LogP contribution in [0.4, 0.5) is 0 Å². The first kappa shape index (κ1) is 6.62. The summed E-state index contributed by atoms with van der Waals surface area (Å²) >= 11 is 0. The van der Waals surface area contributed by atoms with E-state index in [-0.39, 0.29) is 0 Å². The van der Waals surface area contributed by atoms with Crippen LogP contribution in [0.3, 0.4) is 0 Å². The fourth-order valence-corrected chi connectivity index (χ4v) is 1.39. The Bertz CT molecular complexity index is 118. The molecule has 0 spiro atoms. The van der Waals surface area contributed by atoms with Crippen LogP contribution >= 0.6 is 0 Å². The second kappa shape index (κ2) is 2.51. The van der Waals surface area contributed by atoms with E-state index in [2.05, 4.69) is 5.32 Å². The highest BCUT2D eigenvalue weighted by molar-refractivity contribution is 4.92. The highest BCUT2D eigenvalue weighted by Gasteiger charge is 2.34. The van der Waals surface area contributed by atoms with Gasteiger partial charge in [-0.05, 0) is 31.6 Å². The van der Waals surface area contributed by atoms with Crippen LogP contribution in [-0.4, -0.2) is 23.8 Å². The summed E-state index contributed by atoms with van der Waals surface area (Å²) in [6.45, 7) is 0.334. The summed E-state index contributed by atoms with van der Waals surface area (Å²) in [5, 5.41) is 12.4. The maximum Gasteiger partial charge on any atom is 0.0587 e. The van der Waals surface area contributed by atoms with Gasteiger partial charge >= 0.3 is 0 Å². The van der Waals surface area contributed by atoms with Gasteiger partial charge in [-0.25, -0.2) is 0 Å². The lowest BCUT2D eigenvalue weighted by Gasteiger charge is -2.13. The minimum Gasteiger partial charge on any atom is -0.395 e. The normalized spacial score (nSPS) is 28.5. The second-order valence-electron chi connectivity index (χ2n) is 3.57. The van der Waals surface area contributed by atoms with Crippen molar-refractivity contribution in [2.24, 2.45) is 5.92 Å². The van der Waals surface area contributed by atoms with Crippen LogP contribution in [0.1, 0.15) is 25.7 Å². The molecule has 0 bridgehead atoms. The van der Waals surface area contributed by atoms with Gasteiger partial charge in [0.25, 0.3) is 0 Å². The molecular formula is C8H15NO. The van der Waals surface area contributed by atoms with E-state index in [1.165, 1.54) is 25.7 Å². The van der Waals surface area contributed by atoms with Crippen LogP contribution in [0, 0.1) is 5.92 Å². The van der Waals surface area contributed by atoms with E-state index >= 15 is 0 Å². The zero-order chi connectivity index (χ0) is 6.97. The van der Waals surface area contributed by atoms with Crippen LogP contribution in [0.5, 0.6) is 0 Å². The summed E-state index contributed by atoms with van der Waals surface area (Å²) in [6.07, 6.45) is 5.29. The van der Waals surface area contributed by atoms with Crippen LogP contribution in [0.2, 0.25) is 0 Å². The second-order valence-corrected chi connectivity index (χ2v) is 3.57. The van der Waals surface area contributed by atoms with E-state index in [1.807, 2.05) is 0 Å². The third-order valence-electron chi connectivity index (χ3n) is 2.41. The molecule has 0 heterocycles. The Morgan fingerprint density at radius 3 is 2.40 bits per heavy atom. The van der Waals surface area contributed by atoms with Crippen molar-refractivity contribution in [2.45, 2.75) is 37.8 Å². The van der Waals surface area contributed by atoms with Crippen molar-refractivity contribution in [3.05, 3.63) is 0 Å². The molecular weight excluding hydrogens is 126 g/mol. The lowest BCUT2D eigenvalue weighted by molar-refractivity contribution is 0.227. The third kappa shape index (κ3) is 1.50. The molecule has 2 aliphatic carbocycles. The van der Waals surface area contributed by atoms with Gasteiger partial charge in [-0.2, -0.15) is 0 Å². The third-order valence-corrected chi connectivity index (χ3v) is 2.41. The first-order valence-electron chi connectivity index (χ1n) is 4.27. The van der Waals surface area contributed by atoms with Gasteiger partial charge in [0.1, 0.15) is 0 Å². The van der Waals surface area contributed by atoms with Crippen molar-refractivity contribution in [3.8, 4) is 0 Å². The Balaban J connectivity index is 1.73.